The van der Waals surface area contributed by atoms with Crippen molar-refractivity contribution in [2.24, 2.45) is 0 Å². The Bertz CT molecular complexity index is 309. The molecule has 0 spiro atoms. The van der Waals surface area contributed by atoms with Crippen LogP contribution in [0.25, 0.3) is 0 Å². The zero-order chi connectivity index (χ0) is 10.8. The minimum absolute atomic E-state index is 1.00. The zero-order valence-corrected chi connectivity index (χ0v) is 8.45. The van der Waals surface area contributed by atoms with E-state index < -0.39 is 0 Å². The topological polar surface area (TPSA) is 0 Å². The van der Waals surface area contributed by atoms with Gasteiger partial charge in [0.2, 0.25) is 0 Å². The maximum absolute atomic E-state index is 3.74. The van der Waals surface area contributed by atoms with Crippen LogP contribution in [0, 0.1) is 0 Å². The molecule has 0 bridgehead atoms. The summed E-state index contributed by atoms with van der Waals surface area (Å²) in [7, 11) is 0. The van der Waals surface area contributed by atoms with Crippen molar-refractivity contribution in [3.63, 3.8) is 0 Å². The molecule has 0 aliphatic carbocycles. The van der Waals surface area contributed by atoms with Gasteiger partial charge in [0.1, 0.15) is 0 Å². The summed E-state index contributed by atoms with van der Waals surface area (Å²) in [5.74, 6) is 0. The van der Waals surface area contributed by atoms with Gasteiger partial charge in [0.15, 0.2) is 0 Å². The average molecular weight is 184 g/mol. The van der Waals surface area contributed by atoms with Crippen LogP contribution in [0.3, 0.4) is 0 Å². The quantitative estimate of drug-likeness (QED) is 0.544. The van der Waals surface area contributed by atoms with Crippen LogP contribution in [0.4, 0.5) is 0 Å². The van der Waals surface area contributed by atoms with Gasteiger partial charge in [0.25, 0.3) is 0 Å². The molecule has 0 radical (unpaired) electrons. The van der Waals surface area contributed by atoms with Crippen LogP contribution in [0.5, 0.6) is 0 Å². The van der Waals surface area contributed by atoms with E-state index in [1.54, 1.807) is 24.3 Å². The molecule has 0 heteroatoms. The Kier molecular flexibility index (Phi) is 6.79. The number of rotatable bonds is 6. The molecule has 0 saturated carbocycles. The van der Waals surface area contributed by atoms with Crippen molar-refractivity contribution in [3.05, 3.63) is 86.1 Å². The third-order valence-corrected chi connectivity index (χ3v) is 1.59. The van der Waals surface area contributed by atoms with E-state index in [-0.39, 0.29) is 0 Å². The van der Waals surface area contributed by atoms with Crippen molar-refractivity contribution in [1.29, 1.82) is 0 Å². The zero-order valence-electron chi connectivity index (χ0n) is 8.45. The molecule has 0 aromatic rings. The highest BCUT2D eigenvalue weighted by atomic mass is 14.0. The fourth-order valence-electron chi connectivity index (χ4n) is 0.929. The molecule has 14 heavy (non-hydrogen) atoms. The third-order valence-electron chi connectivity index (χ3n) is 1.59. The van der Waals surface area contributed by atoms with Crippen LogP contribution >= 0.6 is 0 Å². The van der Waals surface area contributed by atoms with Gasteiger partial charge in [-0.2, -0.15) is 0 Å². The molecule has 0 atom stereocenters. The predicted molar refractivity (Wildman–Crippen MR) is 66.1 cm³/mol. The van der Waals surface area contributed by atoms with Crippen molar-refractivity contribution in [2.45, 2.75) is 0 Å². The Morgan fingerprint density at radius 1 is 0.643 bits per heavy atom. The smallest absolute Gasteiger partial charge is 0.0190 e. The Labute approximate surface area is 86.7 Å². The second-order valence-corrected chi connectivity index (χ2v) is 2.51. The highest BCUT2D eigenvalue weighted by Crippen LogP contribution is 2.12. The maximum atomic E-state index is 3.74. The van der Waals surface area contributed by atoms with E-state index in [9.17, 15) is 0 Å². The molecule has 0 rings (SSSR count). The molecule has 0 heterocycles. The second kappa shape index (κ2) is 7.81. The van der Waals surface area contributed by atoms with Crippen LogP contribution in [0.15, 0.2) is 86.1 Å². The van der Waals surface area contributed by atoms with Crippen LogP contribution in [-0.2, 0) is 0 Å². The lowest BCUT2D eigenvalue weighted by atomic mass is 10.1. The molecular weight excluding hydrogens is 168 g/mol. The van der Waals surface area contributed by atoms with Crippen molar-refractivity contribution in [1.82, 2.24) is 0 Å². The summed E-state index contributed by atoms with van der Waals surface area (Å²) < 4.78 is 0. The Morgan fingerprint density at radius 3 is 1.64 bits per heavy atom. The lowest BCUT2D eigenvalue weighted by molar-refractivity contribution is 1.56. The van der Waals surface area contributed by atoms with Gasteiger partial charge in [0.05, 0.1) is 0 Å². The standard InChI is InChI=1S/C14H16/c1-5-9-10-12-14(8-4)13(7-3)11-6-2/h5-12H,1-4H2/b10-9-,13-11+,14-12+. The molecule has 0 N–H and O–H groups in total. The average Bonchev–Trinajstić information content (AvgIpc) is 2.22. The van der Waals surface area contributed by atoms with E-state index in [2.05, 4.69) is 26.3 Å². The molecule has 0 fully saturated rings. The lowest BCUT2D eigenvalue weighted by Gasteiger charge is -2.00. The molecule has 0 aromatic carbocycles. The normalized spacial score (nSPS) is 12.6. The largest absolute Gasteiger partial charge is 0.0991 e. The molecule has 0 unspecified atom stereocenters. The van der Waals surface area contributed by atoms with Gasteiger partial charge in [0, 0.05) is 0 Å². The van der Waals surface area contributed by atoms with Crippen molar-refractivity contribution in [3.8, 4) is 0 Å². The Hall–Kier alpha value is -1.82. The molecule has 0 saturated heterocycles. The molecule has 0 amide bonds. The highest BCUT2D eigenvalue weighted by molar-refractivity contribution is 5.48. The summed E-state index contributed by atoms with van der Waals surface area (Å²) in [6.45, 7) is 14.7. The van der Waals surface area contributed by atoms with Crippen LogP contribution in [0.2, 0.25) is 0 Å². The maximum Gasteiger partial charge on any atom is -0.0190 e. The second-order valence-electron chi connectivity index (χ2n) is 2.51. The predicted octanol–water partition coefficient (Wildman–Crippen LogP) is 4.14. The summed E-state index contributed by atoms with van der Waals surface area (Å²) in [5.41, 5.74) is 2.02. The highest BCUT2D eigenvalue weighted by Gasteiger charge is 1.93. The van der Waals surface area contributed by atoms with E-state index in [1.165, 1.54) is 0 Å². The Morgan fingerprint density at radius 2 is 1.21 bits per heavy atom. The summed E-state index contributed by atoms with van der Waals surface area (Å²) in [6, 6.07) is 0. The summed E-state index contributed by atoms with van der Waals surface area (Å²) in [5, 5.41) is 0. The molecule has 0 aliphatic rings. The van der Waals surface area contributed by atoms with Gasteiger partial charge in [-0.05, 0) is 11.1 Å². The van der Waals surface area contributed by atoms with Gasteiger partial charge in [-0.1, -0.05) is 74.9 Å². The summed E-state index contributed by atoms with van der Waals surface area (Å²) in [4.78, 5) is 0. The molecule has 0 aliphatic heterocycles. The van der Waals surface area contributed by atoms with E-state index in [0.717, 1.165) is 11.1 Å². The monoisotopic (exact) mass is 184 g/mol. The van der Waals surface area contributed by atoms with E-state index in [4.69, 9.17) is 0 Å². The minimum atomic E-state index is 1.00. The fourth-order valence-corrected chi connectivity index (χ4v) is 0.929. The van der Waals surface area contributed by atoms with Gasteiger partial charge in [-0.25, -0.2) is 0 Å². The number of hydrogen-bond donors (Lipinski definition) is 0. The van der Waals surface area contributed by atoms with E-state index in [0.29, 0.717) is 0 Å². The van der Waals surface area contributed by atoms with Gasteiger partial charge >= 0.3 is 0 Å². The van der Waals surface area contributed by atoms with E-state index in [1.807, 2.05) is 24.3 Å². The van der Waals surface area contributed by atoms with Crippen LogP contribution in [-0.4, -0.2) is 0 Å². The SMILES string of the molecule is C=C\C=C/C=C(C=C)/C(C=C)=C/C=C. The first-order valence-electron chi connectivity index (χ1n) is 4.37. The Balaban J connectivity index is 4.93. The molecule has 72 valence electrons. The molecule has 0 aromatic heterocycles. The summed E-state index contributed by atoms with van der Waals surface area (Å²) in [6.07, 6.45) is 14.6. The van der Waals surface area contributed by atoms with Crippen molar-refractivity contribution in [2.75, 3.05) is 0 Å². The lowest BCUT2D eigenvalue weighted by Crippen LogP contribution is -1.80. The minimum Gasteiger partial charge on any atom is -0.0991 e. The van der Waals surface area contributed by atoms with Gasteiger partial charge < -0.3 is 0 Å². The number of hydrogen-bond acceptors (Lipinski definition) is 0. The fraction of sp³-hybridized carbons (Fsp3) is 0. The first kappa shape index (κ1) is 12.2. The first-order valence-corrected chi connectivity index (χ1v) is 4.37. The third kappa shape index (κ3) is 4.27. The number of allylic oxidation sites excluding steroid dienone is 10. The van der Waals surface area contributed by atoms with Gasteiger partial charge in [-0.3, -0.25) is 0 Å². The summed E-state index contributed by atoms with van der Waals surface area (Å²) >= 11 is 0. The first-order chi connectivity index (χ1) is 6.79. The van der Waals surface area contributed by atoms with E-state index >= 15 is 0 Å². The van der Waals surface area contributed by atoms with Crippen LogP contribution < -0.4 is 0 Å². The molecular formula is C14H16. The van der Waals surface area contributed by atoms with Gasteiger partial charge in [-0.15, -0.1) is 0 Å². The molecule has 0 nitrogen and oxygen atoms in total. The van der Waals surface area contributed by atoms with Crippen LogP contribution in [0.1, 0.15) is 0 Å². The van der Waals surface area contributed by atoms with Crippen molar-refractivity contribution < 1.29 is 0 Å². The van der Waals surface area contributed by atoms with Crippen molar-refractivity contribution >= 4 is 0 Å².